The van der Waals surface area contributed by atoms with Gasteiger partial charge in [-0.2, -0.15) is 0 Å². The van der Waals surface area contributed by atoms with Gasteiger partial charge in [0.2, 0.25) is 0 Å². The Labute approximate surface area is 188 Å². The van der Waals surface area contributed by atoms with E-state index in [1.165, 1.54) is 7.11 Å². The minimum atomic E-state index is -0.247. The Morgan fingerprint density at radius 1 is 1.16 bits per heavy atom. The molecule has 1 aliphatic rings. The van der Waals surface area contributed by atoms with Crippen molar-refractivity contribution in [1.82, 2.24) is 9.97 Å². The second kappa shape index (κ2) is 10.8. The normalized spacial score (nSPS) is 14.1. The highest BCUT2D eigenvalue weighted by Crippen LogP contribution is 2.28. The lowest BCUT2D eigenvalue weighted by Crippen LogP contribution is -2.04. The van der Waals surface area contributed by atoms with E-state index in [4.69, 9.17) is 4.74 Å². The van der Waals surface area contributed by atoms with E-state index >= 15 is 0 Å². The molecule has 0 amide bonds. The molecular formula is C23H28ClN3O4. The number of methoxy groups -OCH3 is 2. The minimum Gasteiger partial charge on any atom is -0.494 e. The number of ketones is 1. The third-order valence-corrected chi connectivity index (χ3v) is 5.15. The Hall–Kier alpha value is -3.06. The van der Waals surface area contributed by atoms with Crippen molar-refractivity contribution in [3.05, 3.63) is 64.1 Å². The molecule has 166 valence electrons. The second-order valence-electron chi connectivity index (χ2n) is 7.19. The molecule has 1 aliphatic heterocycles. The minimum absolute atomic E-state index is 0. The molecule has 0 saturated heterocycles. The molecule has 0 atom stereocenters. The Morgan fingerprint density at radius 2 is 1.90 bits per heavy atom. The molecule has 0 aliphatic carbocycles. The number of allylic oxidation sites excluding steroid dienone is 1. The SMILES string of the molecule is COC(=O)CCCCC(=O)c1c(C)[nH]c(C=C2N=C(c3ccc[nH]3)C=C2OC)c1C.Cl. The number of esters is 1. The topological polar surface area (TPSA) is 96.5 Å². The Morgan fingerprint density at radius 3 is 2.55 bits per heavy atom. The van der Waals surface area contributed by atoms with Gasteiger partial charge in [-0.05, 0) is 50.5 Å². The number of nitrogens with zero attached hydrogens (tertiary/aromatic N) is 1. The molecule has 2 aromatic rings. The van der Waals surface area contributed by atoms with Crippen LogP contribution >= 0.6 is 12.4 Å². The predicted molar refractivity (Wildman–Crippen MR) is 123 cm³/mol. The van der Waals surface area contributed by atoms with E-state index in [9.17, 15) is 9.59 Å². The Balaban J connectivity index is 0.00000341. The predicted octanol–water partition coefficient (Wildman–Crippen LogP) is 4.67. The molecule has 0 spiro atoms. The fourth-order valence-electron chi connectivity index (χ4n) is 3.57. The zero-order valence-electron chi connectivity index (χ0n) is 18.2. The van der Waals surface area contributed by atoms with Crippen molar-refractivity contribution in [2.75, 3.05) is 14.2 Å². The smallest absolute Gasteiger partial charge is 0.305 e. The van der Waals surface area contributed by atoms with Gasteiger partial charge in [-0.1, -0.05) is 0 Å². The first-order valence-electron chi connectivity index (χ1n) is 9.94. The van der Waals surface area contributed by atoms with E-state index in [0.717, 1.165) is 28.4 Å². The number of aromatic nitrogens is 2. The number of ether oxygens (including phenoxy) is 2. The van der Waals surface area contributed by atoms with Crippen LogP contribution in [0, 0.1) is 13.8 Å². The van der Waals surface area contributed by atoms with Crippen LogP contribution in [0.1, 0.15) is 58.7 Å². The summed E-state index contributed by atoms with van der Waals surface area (Å²) in [6.07, 6.45) is 7.65. The number of hydrogen-bond acceptors (Lipinski definition) is 5. The summed E-state index contributed by atoms with van der Waals surface area (Å²) in [5.41, 5.74) is 5.66. The largest absolute Gasteiger partial charge is 0.494 e. The van der Waals surface area contributed by atoms with Crippen LogP contribution in [0.15, 0.2) is 40.9 Å². The van der Waals surface area contributed by atoms with Gasteiger partial charge in [0.25, 0.3) is 0 Å². The first-order chi connectivity index (χ1) is 14.4. The quantitative estimate of drug-likeness (QED) is 0.333. The molecule has 8 heteroatoms. The lowest BCUT2D eigenvalue weighted by Gasteiger charge is -2.03. The highest BCUT2D eigenvalue weighted by Gasteiger charge is 2.21. The van der Waals surface area contributed by atoms with Gasteiger partial charge in [-0.3, -0.25) is 9.59 Å². The van der Waals surface area contributed by atoms with Gasteiger partial charge >= 0.3 is 5.97 Å². The van der Waals surface area contributed by atoms with Gasteiger partial charge in [0, 0.05) is 42.1 Å². The highest BCUT2D eigenvalue weighted by molar-refractivity contribution is 6.11. The number of Topliss-reactive ketones (excluding diaryl/α,β-unsaturated/α-hetero) is 1. The number of nitrogens with one attached hydrogen (secondary N) is 2. The highest BCUT2D eigenvalue weighted by atomic mass is 35.5. The van der Waals surface area contributed by atoms with Crippen molar-refractivity contribution in [3.63, 3.8) is 0 Å². The number of H-pyrrole nitrogens is 2. The summed E-state index contributed by atoms with van der Waals surface area (Å²) < 4.78 is 10.1. The van der Waals surface area contributed by atoms with Crippen LogP contribution in [-0.4, -0.2) is 41.7 Å². The number of carbonyl (C=O) groups excluding carboxylic acids is 2. The number of carbonyl (C=O) groups is 2. The third kappa shape index (κ3) is 5.55. The van der Waals surface area contributed by atoms with E-state index in [-0.39, 0.29) is 24.2 Å². The van der Waals surface area contributed by atoms with Crippen molar-refractivity contribution in [3.8, 4) is 0 Å². The average Bonchev–Trinajstić information content (AvgIpc) is 3.45. The first-order valence-corrected chi connectivity index (χ1v) is 9.94. The molecular weight excluding hydrogens is 418 g/mol. The van der Waals surface area contributed by atoms with Crippen LogP contribution in [-0.2, 0) is 14.3 Å². The van der Waals surface area contributed by atoms with E-state index in [2.05, 4.69) is 19.7 Å². The number of aliphatic imine (C=N–C) groups is 1. The van der Waals surface area contributed by atoms with Gasteiger partial charge in [0.15, 0.2) is 5.78 Å². The lowest BCUT2D eigenvalue weighted by molar-refractivity contribution is -0.140. The molecule has 3 heterocycles. The number of aromatic amines is 2. The summed E-state index contributed by atoms with van der Waals surface area (Å²) in [6, 6.07) is 3.87. The molecule has 7 nitrogen and oxygen atoms in total. The van der Waals surface area contributed by atoms with Crippen molar-refractivity contribution < 1.29 is 19.1 Å². The monoisotopic (exact) mass is 445 g/mol. The standard InChI is InChI=1S/C23H27N3O4.ClH/c1-14-17(12-19-21(29-3)13-18(26-19)16-8-7-11-24-16)25-15(2)23(14)20(27)9-5-6-10-22(28)30-4;/h7-8,11-13,24-25H,5-6,9-10H2,1-4H3;1H. The van der Waals surface area contributed by atoms with E-state index in [1.807, 2.05) is 44.3 Å². The van der Waals surface area contributed by atoms with Gasteiger partial charge in [0.1, 0.15) is 11.5 Å². The molecule has 0 radical (unpaired) electrons. The number of halogens is 1. The average molecular weight is 446 g/mol. The molecule has 0 unspecified atom stereocenters. The fourth-order valence-corrected chi connectivity index (χ4v) is 3.57. The van der Waals surface area contributed by atoms with E-state index < -0.39 is 0 Å². The summed E-state index contributed by atoms with van der Waals surface area (Å²) in [7, 11) is 2.98. The van der Waals surface area contributed by atoms with Crippen molar-refractivity contribution in [2.24, 2.45) is 4.99 Å². The molecule has 31 heavy (non-hydrogen) atoms. The third-order valence-electron chi connectivity index (χ3n) is 5.15. The molecule has 0 fully saturated rings. The van der Waals surface area contributed by atoms with Gasteiger partial charge in [-0.25, -0.2) is 4.99 Å². The van der Waals surface area contributed by atoms with Crippen LogP contribution in [0.2, 0.25) is 0 Å². The Kier molecular flexibility index (Phi) is 8.45. The van der Waals surface area contributed by atoms with Crippen LogP contribution in [0.25, 0.3) is 6.08 Å². The van der Waals surface area contributed by atoms with Crippen LogP contribution in [0.3, 0.4) is 0 Å². The molecule has 2 aromatic heterocycles. The van der Waals surface area contributed by atoms with Gasteiger partial charge in [0.05, 0.1) is 25.6 Å². The maximum absolute atomic E-state index is 12.8. The van der Waals surface area contributed by atoms with E-state index in [1.54, 1.807) is 7.11 Å². The molecule has 0 bridgehead atoms. The zero-order chi connectivity index (χ0) is 21.7. The van der Waals surface area contributed by atoms with E-state index in [0.29, 0.717) is 42.7 Å². The van der Waals surface area contributed by atoms with Crippen LogP contribution < -0.4 is 0 Å². The van der Waals surface area contributed by atoms with Crippen molar-refractivity contribution in [1.29, 1.82) is 0 Å². The van der Waals surface area contributed by atoms with Crippen LogP contribution in [0.5, 0.6) is 0 Å². The molecule has 2 N–H and O–H groups in total. The van der Waals surface area contributed by atoms with Crippen LogP contribution in [0.4, 0.5) is 0 Å². The maximum atomic E-state index is 12.8. The second-order valence-corrected chi connectivity index (χ2v) is 7.19. The summed E-state index contributed by atoms with van der Waals surface area (Å²) in [5, 5.41) is 0. The summed E-state index contributed by atoms with van der Waals surface area (Å²) in [6.45, 7) is 3.82. The molecule has 0 aromatic carbocycles. The van der Waals surface area contributed by atoms with Gasteiger partial charge < -0.3 is 19.4 Å². The summed E-state index contributed by atoms with van der Waals surface area (Å²) in [5.74, 6) is 0.491. The summed E-state index contributed by atoms with van der Waals surface area (Å²) in [4.78, 5) is 35.1. The van der Waals surface area contributed by atoms with Crippen molar-refractivity contribution in [2.45, 2.75) is 39.5 Å². The number of unbranched alkanes of at least 4 members (excludes halogenated alkanes) is 1. The first kappa shape index (κ1) is 24.2. The molecule has 0 saturated carbocycles. The number of hydrogen-bond donors (Lipinski definition) is 2. The number of rotatable bonds is 9. The Bertz CT molecular complexity index is 1030. The maximum Gasteiger partial charge on any atom is 0.305 e. The van der Waals surface area contributed by atoms with Crippen molar-refractivity contribution >= 4 is 35.9 Å². The molecule has 3 rings (SSSR count). The van der Waals surface area contributed by atoms with Gasteiger partial charge in [-0.15, -0.1) is 12.4 Å². The number of aryl methyl sites for hydroxylation is 1. The lowest BCUT2D eigenvalue weighted by atomic mass is 10.0. The summed E-state index contributed by atoms with van der Waals surface area (Å²) >= 11 is 0. The fraction of sp³-hybridized carbons (Fsp3) is 0.348. The zero-order valence-corrected chi connectivity index (χ0v) is 19.0.